The van der Waals surface area contributed by atoms with E-state index >= 15 is 0 Å². The largest absolute Gasteiger partial charge is 0.392 e. The summed E-state index contributed by atoms with van der Waals surface area (Å²) in [4.78, 5) is 9.97. The molecule has 0 saturated carbocycles. The van der Waals surface area contributed by atoms with Gasteiger partial charge in [-0.2, -0.15) is 0 Å². The van der Waals surface area contributed by atoms with Gasteiger partial charge in [0.1, 0.15) is 0 Å². The van der Waals surface area contributed by atoms with E-state index in [1.807, 2.05) is 0 Å². The van der Waals surface area contributed by atoms with Crippen LogP contribution in [0, 0.1) is 0 Å². The number of rotatable bonds is 3. The zero-order valence-corrected chi connectivity index (χ0v) is 8.72. The van der Waals surface area contributed by atoms with Gasteiger partial charge in [0.25, 0.3) is 5.91 Å². The quantitative estimate of drug-likeness (QED) is 0.785. The number of hydrogen-bond donors (Lipinski definition) is 2. The van der Waals surface area contributed by atoms with Crippen LogP contribution in [0.3, 0.4) is 0 Å². The Morgan fingerprint density at radius 2 is 1.93 bits per heavy atom. The summed E-state index contributed by atoms with van der Waals surface area (Å²) in [5.41, 5.74) is 1.37. The Balaban J connectivity index is 2.64. The molecule has 0 heterocycles. The Kier molecular flexibility index (Phi) is 4.20. The second-order valence-corrected chi connectivity index (χ2v) is 3.74. The van der Waals surface area contributed by atoms with E-state index in [0.29, 0.717) is 5.69 Å². The molecule has 76 valence electrons. The Morgan fingerprint density at radius 3 is 2.36 bits per heavy atom. The Bertz CT molecular complexity index is 311. The van der Waals surface area contributed by atoms with E-state index in [4.69, 9.17) is 28.3 Å². The monoisotopic (exact) mass is 233 g/mol. The summed E-state index contributed by atoms with van der Waals surface area (Å²) in [6.45, 7) is -0.0259. The highest BCUT2D eigenvalue weighted by molar-refractivity contribution is 6.54. The Hall–Kier alpha value is -0.770. The number of nitrogens with one attached hydrogen (secondary N) is 1. The molecule has 0 aliphatic carbocycles. The molecular weight excluding hydrogens is 225 g/mol. The smallest absolute Gasteiger partial charge is 0.257 e. The number of anilines is 1. The van der Waals surface area contributed by atoms with Crippen LogP contribution in [-0.2, 0) is 11.4 Å². The second kappa shape index (κ2) is 5.20. The first-order valence-electron chi connectivity index (χ1n) is 3.92. The van der Waals surface area contributed by atoms with Crippen molar-refractivity contribution in [1.82, 2.24) is 0 Å². The van der Waals surface area contributed by atoms with Gasteiger partial charge in [0, 0.05) is 5.69 Å². The molecule has 1 amide bonds. The lowest BCUT2D eigenvalue weighted by Crippen LogP contribution is -2.18. The van der Waals surface area contributed by atoms with Gasteiger partial charge >= 0.3 is 0 Å². The standard InChI is InChI=1S/C9H9Cl2NO2/c10-8(11)9(14)12-7-3-1-6(5-13)2-4-7/h1-4,8,13H,5H2,(H,12,14). The third-order valence-electron chi connectivity index (χ3n) is 1.60. The highest BCUT2D eigenvalue weighted by atomic mass is 35.5. The Labute approximate surface area is 91.6 Å². The van der Waals surface area contributed by atoms with E-state index in [0.717, 1.165) is 5.56 Å². The van der Waals surface area contributed by atoms with Crippen LogP contribution in [0.15, 0.2) is 24.3 Å². The van der Waals surface area contributed by atoms with E-state index in [-0.39, 0.29) is 6.61 Å². The molecule has 0 saturated heterocycles. The van der Waals surface area contributed by atoms with Crippen molar-refractivity contribution in [3.8, 4) is 0 Å². The molecule has 14 heavy (non-hydrogen) atoms. The SMILES string of the molecule is O=C(Nc1ccc(CO)cc1)C(Cl)Cl. The molecule has 2 N–H and O–H groups in total. The van der Waals surface area contributed by atoms with Gasteiger partial charge in [0.15, 0.2) is 4.84 Å². The molecule has 0 aliphatic rings. The van der Waals surface area contributed by atoms with E-state index in [1.165, 1.54) is 0 Å². The normalized spacial score (nSPS) is 10.3. The minimum atomic E-state index is -1.08. The van der Waals surface area contributed by atoms with Gasteiger partial charge in [-0.15, -0.1) is 0 Å². The fraction of sp³-hybridized carbons (Fsp3) is 0.222. The number of benzene rings is 1. The zero-order chi connectivity index (χ0) is 10.6. The van der Waals surface area contributed by atoms with Crippen molar-refractivity contribution < 1.29 is 9.90 Å². The number of carbonyl (C=O) groups excluding carboxylic acids is 1. The van der Waals surface area contributed by atoms with E-state index in [9.17, 15) is 4.79 Å². The predicted molar refractivity (Wildman–Crippen MR) is 56.5 cm³/mol. The lowest BCUT2D eigenvalue weighted by Gasteiger charge is -2.05. The maximum absolute atomic E-state index is 11.0. The summed E-state index contributed by atoms with van der Waals surface area (Å²) in [5.74, 6) is -0.468. The van der Waals surface area contributed by atoms with Gasteiger partial charge in [-0.05, 0) is 17.7 Å². The van der Waals surface area contributed by atoms with Crippen LogP contribution in [0.4, 0.5) is 5.69 Å². The van der Waals surface area contributed by atoms with Crippen molar-refractivity contribution in [2.24, 2.45) is 0 Å². The van der Waals surface area contributed by atoms with Crippen LogP contribution < -0.4 is 5.32 Å². The van der Waals surface area contributed by atoms with E-state index in [1.54, 1.807) is 24.3 Å². The van der Waals surface area contributed by atoms with Gasteiger partial charge in [0.2, 0.25) is 0 Å². The zero-order valence-electron chi connectivity index (χ0n) is 7.21. The van der Waals surface area contributed by atoms with Crippen molar-refractivity contribution in [2.45, 2.75) is 11.4 Å². The highest BCUT2D eigenvalue weighted by Gasteiger charge is 2.10. The second-order valence-electron chi connectivity index (χ2n) is 2.64. The topological polar surface area (TPSA) is 49.3 Å². The molecule has 5 heteroatoms. The van der Waals surface area contributed by atoms with Crippen molar-refractivity contribution in [3.05, 3.63) is 29.8 Å². The molecule has 0 spiro atoms. The molecule has 0 aromatic heterocycles. The van der Waals surface area contributed by atoms with Gasteiger partial charge in [-0.1, -0.05) is 35.3 Å². The van der Waals surface area contributed by atoms with Crippen molar-refractivity contribution >= 4 is 34.8 Å². The van der Waals surface area contributed by atoms with E-state index < -0.39 is 10.7 Å². The van der Waals surface area contributed by atoms with Crippen LogP contribution in [0.5, 0.6) is 0 Å². The number of hydrogen-bond acceptors (Lipinski definition) is 2. The molecule has 1 aromatic carbocycles. The maximum atomic E-state index is 11.0. The molecule has 0 fully saturated rings. The minimum absolute atomic E-state index is 0.0259. The first-order valence-corrected chi connectivity index (χ1v) is 4.79. The minimum Gasteiger partial charge on any atom is -0.392 e. The molecule has 1 aromatic rings. The number of amides is 1. The number of aliphatic hydroxyl groups is 1. The average molecular weight is 234 g/mol. The fourth-order valence-electron chi connectivity index (χ4n) is 0.890. The molecule has 0 radical (unpaired) electrons. The fourth-order valence-corrected chi connectivity index (χ4v) is 0.999. The van der Waals surface area contributed by atoms with Crippen LogP contribution in [0.25, 0.3) is 0 Å². The van der Waals surface area contributed by atoms with Gasteiger partial charge in [-0.25, -0.2) is 0 Å². The third-order valence-corrected chi connectivity index (χ3v) is 2.00. The first kappa shape index (κ1) is 11.3. The van der Waals surface area contributed by atoms with Crippen LogP contribution in [0.2, 0.25) is 0 Å². The summed E-state index contributed by atoms with van der Waals surface area (Å²) in [7, 11) is 0. The molecule has 0 bridgehead atoms. The predicted octanol–water partition coefficient (Wildman–Crippen LogP) is 1.92. The van der Waals surface area contributed by atoms with Gasteiger partial charge < -0.3 is 10.4 Å². The summed E-state index contributed by atoms with van der Waals surface area (Å²) in [5, 5.41) is 11.3. The molecule has 0 unspecified atom stereocenters. The number of halogens is 2. The Morgan fingerprint density at radius 1 is 1.36 bits per heavy atom. The third kappa shape index (κ3) is 3.18. The van der Waals surface area contributed by atoms with E-state index in [2.05, 4.69) is 5.32 Å². The molecule has 3 nitrogen and oxygen atoms in total. The number of carbonyl (C=O) groups is 1. The maximum Gasteiger partial charge on any atom is 0.257 e. The number of alkyl halides is 2. The molecule has 0 aliphatic heterocycles. The lowest BCUT2D eigenvalue weighted by atomic mass is 10.2. The number of aliphatic hydroxyl groups excluding tert-OH is 1. The van der Waals surface area contributed by atoms with Crippen molar-refractivity contribution in [3.63, 3.8) is 0 Å². The van der Waals surface area contributed by atoms with Crippen molar-refractivity contribution in [2.75, 3.05) is 5.32 Å². The molecular formula is C9H9Cl2NO2. The molecule has 0 atom stereocenters. The van der Waals surface area contributed by atoms with Crippen LogP contribution in [-0.4, -0.2) is 15.8 Å². The summed E-state index contributed by atoms with van der Waals surface area (Å²) in [6, 6.07) is 6.74. The average Bonchev–Trinajstić information content (AvgIpc) is 2.19. The highest BCUT2D eigenvalue weighted by Crippen LogP contribution is 2.11. The van der Waals surface area contributed by atoms with Crippen LogP contribution in [0.1, 0.15) is 5.56 Å². The molecule has 1 rings (SSSR count). The summed E-state index contributed by atoms with van der Waals surface area (Å²) < 4.78 is 0. The summed E-state index contributed by atoms with van der Waals surface area (Å²) in [6.07, 6.45) is 0. The first-order chi connectivity index (χ1) is 6.63. The van der Waals surface area contributed by atoms with Crippen LogP contribution >= 0.6 is 23.2 Å². The summed E-state index contributed by atoms with van der Waals surface area (Å²) >= 11 is 10.7. The van der Waals surface area contributed by atoms with Gasteiger partial charge in [0.05, 0.1) is 6.61 Å². The van der Waals surface area contributed by atoms with Crippen molar-refractivity contribution in [1.29, 1.82) is 0 Å². The lowest BCUT2D eigenvalue weighted by molar-refractivity contribution is -0.114. The van der Waals surface area contributed by atoms with Gasteiger partial charge in [-0.3, -0.25) is 4.79 Å².